The van der Waals surface area contributed by atoms with Gasteiger partial charge in [-0.1, -0.05) is 87.3 Å². The molecule has 0 fully saturated rings. The molecule has 0 spiro atoms. The van der Waals surface area contributed by atoms with E-state index in [2.05, 4.69) is 19.7 Å². The molecule has 0 N–H and O–H groups in total. The number of hydrogen-bond acceptors (Lipinski definition) is 11. The Labute approximate surface area is 366 Å². The van der Waals surface area contributed by atoms with Crippen LogP contribution in [0.15, 0.2) is 164 Å². The molecule has 63 heavy (non-hydrogen) atoms. The van der Waals surface area contributed by atoms with Crippen LogP contribution in [0.1, 0.15) is 50.0 Å². The fraction of sp³-hybridized carbons (Fsp3) is 0.173. The molecule has 11 nitrogen and oxygen atoms in total. The lowest BCUT2D eigenvalue weighted by Crippen LogP contribution is -2.33. The van der Waals surface area contributed by atoms with Crippen LogP contribution in [0.3, 0.4) is 0 Å². The van der Waals surface area contributed by atoms with E-state index >= 15 is 0 Å². The zero-order valence-corrected chi connectivity index (χ0v) is 35.6. The van der Waals surface area contributed by atoms with E-state index in [9.17, 15) is 24.0 Å². The topological polar surface area (TPSA) is 141 Å². The second kappa shape index (κ2) is 21.6. The van der Waals surface area contributed by atoms with Gasteiger partial charge in [-0.05, 0) is 122 Å². The van der Waals surface area contributed by atoms with Gasteiger partial charge in [0.2, 0.25) is 0 Å². The van der Waals surface area contributed by atoms with Crippen molar-refractivity contribution in [2.75, 3.05) is 19.8 Å². The van der Waals surface area contributed by atoms with Crippen LogP contribution in [-0.4, -0.2) is 49.7 Å². The Hall–Kier alpha value is -7.79. The number of carbonyl (C=O) groups excluding carboxylic acids is 5. The van der Waals surface area contributed by atoms with E-state index in [4.69, 9.17) is 28.4 Å². The average molecular weight is 849 g/mol. The monoisotopic (exact) mass is 848 g/mol. The average Bonchev–Trinajstić information content (AvgIpc) is 3.28. The summed E-state index contributed by atoms with van der Waals surface area (Å²) in [4.78, 5) is 60.9. The molecular formula is C52H48O11. The zero-order valence-electron chi connectivity index (χ0n) is 35.6. The normalized spacial score (nSPS) is 10.9. The van der Waals surface area contributed by atoms with Crippen molar-refractivity contribution in [3.63, 3.8) is 0 Å². The van der Waals surface area contributed by atoms with Crippen molar-refractivity contribution < 1.29 is 52.4 Å². The molecule has 0 aliphatic heterocycles. The number of carbonyl (C=O) groups is 5. The summed E-state index contributed by atoms with van der Waals surface area (Å²) in [6.45, 7) is 17.7. The van der Waals surface area contributed by atoms with Gasteiger partial charge >= 0.3 is 29.8 Å². The van der Waals surface area contributed by atoms with Gasteiger partial charge in [0.25, 0.3) is 0 Å². The van der Waals surface area contributed by atoms with Crippen LogP contribution in [0.2, 0.25) is 0 Å². The molecule has 0 aliphatic carbocycles. The Kier molecular flexibility index (Phi) is 15.9. The van der Waals surface area contributed by atoms with Crippen LogP contribution >= 0.6 is 0 Å². The van der Waals surface area contributed by atoms with Gasteiger partial charge in [0.1, 0.15) is 36.2 Å². The summed E-state index contributed by atoms with van der Waals surface area (Å²) in [5, 5.41) is 0. The Morgan fingerprint density at radius 2 is 0.905 bits per heavy atom. The largest absolute Gasteiger partial charge is 0.494 e. The second-order valence-corrected chi connectivity index (χ2v) is 15.2. The number of ether oxygens (including phenoxy) is 6. The summed E-state index contributed by atoms with van der Waals surface area (Å²) in [5.74, 6) is -1.32. The number of esters is 5. The third-order valence-electron chi connectivity index (χ3n) is 9.40. The molecule has 0 saturated heterocycles. The van der Waals surface area contributed by atoms with Gasteiger partial charge in [0.15, 0.2) is 0 Å². The third-order valence-corrected chi connectivity index (χ3v) is 9.40. The lowest BCUT2D eigenvalue weighted by atomic mass is 9.89. The van der Waals surface area contributed by atoms with E-state index in [-0.39, 0.29) is 52.7 Å². The number of benzene rings is 5. The number of hydrogen-bond donors (Lipinski definition) is 0. The molecule has 0 aliphatic rings. The highest BCUT2D eigenvalue weighted by Gasteiger charge is 2.29. The minimum Gasteiger partial charge on any atom is -0.494 e. The highest BCUT2D eigenvalue weighted by atomic mass is 16.6. The molecule has 0 amide bonds. The number of rotatable bonds is 19. The predicted octanol–water partition coefficient (Wildman–Crippen LogP) is 10.4. The van der Waals surface area contributed by atoms with Crippen molar-refractivity contribution in [1.29, 1.82) is 0 Å². The van der Waals surface area contributed by atoms with E-state index in [1.807, 2.05) is 79.7 Å². The smallest absolute Gasteiger partial charge is 0.343 e. The Morgan fingerprint density at radius 3 is 1.38 bits per heavy atom. The minimum absolute atomic E-state index is 0.0279. The maximum absolute atomic E-state index is 12.6. The first-order valence-electron chi connectivity index (χ1n) is 19.9. The first-order valence-corrected chi connectivity index (χ1v) is 19.9. The highest BCUT2D eigenvalue weighted by molar-refractivity contribution is 5.92. The molecule has 0 heterocycles. The van der Waals surface area contributed by atoms with Crippen LogP contribution in [0.25, 0.3) is 28.3 Å². The lowest BCUT2D eigenvalue weighted by Gasteiger charge is -2.28. The van der Waals surface area contributed by atoms with Crippen LogP contribution < -0.4 is 18.9 Å². The molecular weight excluding hydrogens is 801 g/mol. The molecule has 5 rings (SSSR count). The second-order valence-electron chi connectivity index (χ2n) is 15.2. The van der Waals surface area contributed by atoms with E-state index in [0.717, 1.165) is 27.8 Å². The lowest BCUT2D eigenvalue weighted by molar-refractivity contribution is -0.149. The molecule has 0 aromatic heterocycles. The van der Waals surface area contributed by atoms with Gasteiger partial charge in [-0.15, -0.1) is 0 Å². The van der Waals surface area contributed by atoms with Crippen molar-refractivity contribution >= 4 is 35.9 Å². The molecule has 0 bridgehead atoms. The van der Waals surface area contributed by atoms with Gasteiger partial charge in [0, 0.05) is 28.2 Å². The summed E-state index contributed by atoms with van der Waals surface area (Å²) in [5.41, 5.74) is 5.25. The van der Waals surface area contributed by atoms with E-state index < -0.39 is 35.3 Å². The maximum Gasteiger partial charge on any atom is 0.343 e. The molecule has 0 saturated carbocycles. The minimum atomic E-state index is -0.688. The van der Waals surface area contributed by atoms with E-state index in [1.54, 1.807) is 19.9 Å². The summed E-state index contributed by atoms with van der Waals surface area (Å²) < 4.78 is 32.7. The fourth-order valence-electron chi connectivity index (χ4n) is 5.62. The first-order chi connectivity index (χ1) is 30.1. The zero-order chi connectivity index (χ0) is 45.5. The molecule has 5 aromatic rings. The summed E-state index contributed by atoms with van der Waals surface area (Å²) in [7, 11) is 0. The first kappa shape index (κ1) is 46.3. The molecule has 11 heteroatoms. The van der Waals surface area contributed by atoms with Crippen LogP contribution in [0.4, 0.5) is 0 Å². The Balaban J connectivity index is 1.08. The summed E-state index contributed by atoms with van der Waals surface area (Å²) in [6.07, 6.45) is 3.44. The molecule has 322 valence electrons. The van der Waals surface area contributed by atoms with Gasteiger partial charge < -0.3 is 28.4 Å². The highest BCUT2D eigenvalue weighted by Crippen LogP contribution is 2.29. The molecule has 0 atom stereocenters. The van der Waals surface area contributed by atoms with Crippen molar-refractivity contribution in [1.82, 2.24) is 0 Å². The Bertz CT molecular complexity index is 2460. The van der Waals surface area contributed by atoms with Crippen LogP contribution in [0, 0.1) is 5.41 Å². The summed E-state index contributed by atoms with van der Waals surface area (Å²) in [6, 6.07) is 35.6. The van der Waals surface area contributed by atoms with Crippen molar-refractivity contribution in [2.45, 2.75) is 34.1 Å². The van der Waals surface area contributed by atoms with Gasteiger partial charge in [-0.25, -0.2) is 24.0 Å². The fourth-order valence-corrected chi connectivity index (χ4v) is 5.62. The van der Waals surface area contributed by atoms with E-state index in [0.29, 0.717) is 18.8 Å². The van der Waals surface area contributed by atoms with Gasteiger partial charge in [0.05, 0.1) is 12.2 Å². The predicted molar refractivity (Wildman–Crippen MR) is 240 cm³/mol. The summed E-state index contributed by atoms with van der Waals surface area (Å²) >= 11 is 0. The quantitative estimate of drug-likeness (QED) is 0.0445. The van der Waals surface area contributed by atoms with Crippen molar-refractivity contribution in [3.05, 3.63) is 175 Å². The molecule has 0 radical (unpaired) electrons. The Morgan fingerprint density at radius 1 is 0.508 bits per heavy atom. The third kappa shape index (κ3) is 14.1. The van der Waals surface area contributed by atoms with Crippen LogP contribution in [-0.2, 0) is 28.7 Å². The standard InChI is InChI=1S/C52H48O11/c1-34(2)48(54)59-32-52(7,33-60-49(55)35(3)4)30-31-58-43-21-17-41(18-22-43)40-15-13-39(14-16-40)38-11-8-37(9-12-38)10-29-47(53)61-44-25-27-46(28-26-44)63-51(57)42-19-23-45(24-20-42)62-50(56)36(5)6/h8-29H,1,3,5,30-33H2,2,4,6-7H3/b29-10+. The van der Waals surface area contributed by atoms with Crippen molar-refractivity contribution in [3.8, 4) is 45.3 Å². The van der Waals surface area contributed by atoms with E-state index in [1.165, 1.54) is 61.5 Å². The molecule has 0 unspecified atom stereocenters. The van der Waals surface area contributed by atoms with Crippen molar-refractivity contribution in [2.24, 2.45) is 5.41 Å². The van der Waals surface area contributed by atoms with Gasteiger partial charge in [-0.3, -0.25) is 0 Å². The molecule has 5 aromatic carbocycles. The van der Waals surface area contributed by atoms with Gasteiger partial charge in [-0.2, -0.15) is 0 Å². The maximum atomic E-state index is 12.6. The van der Waals surface area contributed by atoms with Crippen LogP contribution in [0.5, 0.6) is 23.0 Å². The SMILES string of the molecule is C=C(C)C(=O)OCC(C)(CCOc1ccc(-c2ccc(-c3ccc(/C=C/C(=O)Oc4ccc(OC(=O)c5ccc(OC(=O)C(=C)C)cc5)cc4)cc3)cc2)cc1)COC(=O)C(=C)C.